The molecule has 5 N–H and O–H groups in total. The number of nitrogens with two attached hydrogens (primary N) is 1. The number of hydrogen-bond acceptors (Lipinski definition) is 6. The maximum Gasteiger partial charge on any atom is 0.159 e. The zero-order valence-corrected chi connectivity index (χ0v) is 17.4. The van der Waals surface area contributed by atoms with Crippen LogP contribution >= 0.6 is 11.6 Å². The minimum Gasteiger partial charge on any atom is -0.393 e. The van der Waals surface area contributed by atoms with Gasteiger partial charge in [0.25, 0.3) is 0 Å². The topological polar surface area (TPSA) is 87.9 Å². The number of anilines is 4. The number of aromatic nitrogens is 2. The monoisotopic (exact) mass is 388 g/mol. The maximum absolute atomic E-state index is 6.37. The first-order chi connectivity index (χ1) is 12.6. The van der Waals surface area contributed by atoms with Crippen LogP contribution in [0.4, 0.5) is 23.0 Å². The first-order valence-corrected chi connectivity index (χ1v) is 9.63. The van der Waals surface area contributed by atoms with Gasteiger partial charge in [0, 0.05) is 27.8 Å². The van der Waals surface area contributed by atoms with Crippen LogP contribution in [-0.2, 0) is 0 Å². The summed E-state index contributed by atoms with van der Waals surface area (Å²) >= 11 is 6.21. The third-order valence-electron chi connectivity index (χ3n) is 4.94. The van der Waals surface area contributed by atoms with Crippen molar-refractivity contribution in [2.45, 2.75) is 64.6 Å². The fourth-order valence-electron chi connectivity index (χ4n) is 4.10. The van der Waals surface area contributed by atoms with E-state index in [0.717, 1.165) is 24.1 Å². The molecule has 3 rings (SSSR count). The van der Waals surface area contributed by atoms with Gasteiger partial charge in [-0.2, -0.15) is 0 Å². The van der Waals surface area contributed by atoms with Crippen LogP contribution in [-0.4, -0.2) is 27.1 Å². The number of piperidine rings is 1. The summed E-state index contributed by atoms with van der Waals surface area (Å²) in [6.45, 7) is 10.9. The molecule has 1 aliphatic rings. The third kappa shape index (κ3) is 4.62. The normalized spacial score (nSPS) is 18.9. The highest BCUT2D eigenvalue weighted by Gasteiger charge is 2.37. The summed E-state index contributed by atoms with van der Waals surface area (Å²) in [5.74, 6) is 1.23. The average molecular weight is 389 g/mol. The minimum atomic E-state index is 0.0419. The van der Waals surface area contributed by atoms with E-state index in [1.165, 1.54) is 6.33 Å². The van der Waals surface area contributed by atoms with Crippen molar-refractivity contribution in [2.24, 2.45) is 0 Å². The average Bonchev–Trinajstić information content (AvgIpc) is 2.52. The van der Waals surface area contributed by atoms with Crippen molar-refractivity contribution in [3.63, 3.8) is 0 Å². The second-order valence-electron chi connectivity index (χ2n) is 8.66. The number of halogens is 1. The van der Waals surface area contributed by atoms with Gasteiger partial charge in [0.15, 0.2) is 11.6 Å². The highest BCUT2D eigenvalue weighted by Crippen LogP contribution is 2.33. The van der Waals surface area contributed by atoms with Crippen LogP contribution in [0.5, 0.6) is 0 Å². The molecule has 0 spiro atoms. The molecule has 0 unspecified atom stereocenters. The predicted octanol–water partition coefficient (Wildman–Crippen LogP) is 4.49. The fraction of sp³-hybridized carbons (Fsp3) is 0.500. The number of hydrogen-bond donors (Lipinski definition) is 4. The van der Waals surface area contributed by atoms with E-state index in [1.54, 1.807) is 0 Å². The molecule has 146 valence electrons. The summed E-state index contributed by atoms with van der Waals surface area (Å²) in [6.07, 6.45) is 3.49. The van der Waals surface area contributed by atoms with Crippen molar-refractivity contribution in [3.8, 4) is 0 Å². The van der Waals surface area contributed by atoms with Crippen LogP contribution in [0.25, 0.3) is 0 Å². The van der Waals surface area contributed by atoms with Crippen molar-refractivity contribution < 1.29 is 0 Å². The summed E-state index contributed by atoms with van der Waals surface area (Å²) in [4.78, 5) is 8.69. The van der Waals surface area contributed by atoms with E-state index in [4.69, 9.17) is 17.3 Å². The van der Waals surface area contributed by atoms with Crippen molar-refractivity contribution in [1.29, 1.82) is 0 Å². The lowest BCUT2D eigenvalue weighted by molar-refractivity contribution is 0.170. The number of benzene rings is 1. The molecule has 1 saturated heterocycles. The van der Waals surface area contributed by atoms with Crippen LogP contribution in [0, 0.1) is 6.92 Å². The smallest absolute Gasteiger partial charge is 0.159 e. The minimum absolute atomic E-state index is 0.0419. The molecular weight excluding hydrogens is 360 g/mol. The zero-order valence-electron chi connectivity index (χ0n) is 16.7. The third-order valence-corrected chi connectivity index (χ3v) is 5.35. The second kappa shape index (κ2) is 7.17. The lowest BCUT2D eigenvalue weighted by atomic mass is 9.79. The Morgan fingerprint density at radius 3 is 2.41 bits per heavy atom. The Morgan fingerprint density at radius 2 is 1.74 bits per heavy atom. The van der Waals surface area contributed by atoms with Gasteiger partial charge in [-0.25, -0.2) is 9.97 Å². The van der Waals surface area contributed by atoms with Crippen LogP contribution in [0.2, 0.25) is 5.02 Å². The van der Waals surface area contributed by atoms with Gasteiger partial charge in [0.1, 0.15) is 12.0 Å². The first-order valence-electron chi connectivity index (χ1n) is 9.25. The van der Waals surface area contributed by atoms with Gasteiger partial charge in [-0.15, -0.1) is 0 Å². The van der Waals surface area contributed by atoms with E-state index in [-0.39, 0.29) is 17.1 Å². The highest BCUT2D eigenvalue weighted by atomic mass is 35.5. The Hall–Kier alpha value is -2.05. The SMILES string of the molecule is Cc1c(Cl)cccc1Nc1ncnc(NC2CC(C)(C)NC(C)(C)C2)c1N. The number of nitrogens with one attached hydrogen (secondary N) is 3. The summed E-state index contributed by atoms with van der Waals surface area (Å²) in [7, 11) is 0. The molecule has 0 bridgehead atoms. The van der Waals surface area contributed by atoms with Gasteiger partial charge >= 0.3 is 0 Å². The molecule has 0 aliphatic carbocycles. The van der Waals surface area contributed by atoms with Crippen LogP contribution in [0.1, 0.15) is 46.1 Å². The van der Waals surface area contributed by atoms with E-state index in [1.807, 2.05) is 25.1 Å². The summed E-state index contributed by atoms with van der Waals surface area (Å²) in [5.41, 5.74) is 8.79. The van der Waals surface area contributed by atoms with E-state index < -0.39 is 0 Å². The van der Waals surface area contributed by atoms with Crippen LogP contribution in [0.3, 0.4) is 0 Å². The van der Waals surface area contributed by atoms with Crippen molar-refractivity contribution >= 4 is 34.6 Å². The first kappa shape index (κ1) is 19.7. The summed E-state index contributed by atoms with van der Waals surface area (Å²) in [6, 6.07) is 5.98. The lowest BCUT2D eigenvalue weighted by Crippen LogP contribution is -2.60. The molecule has 2 aromatic rings. The molecule has 0 amide bonds. The number of nitrogen functional groups attached to an aromatic ring is 1. The largest absolute Gasteiger partial charge is 0.393 e. The van der Waals surface area contributed by atoms with Gasteiger partial charge in [0.05, 0.1) is 0 Å². The Bertz CT molecular complexity index is 817. The van der Waals surface area contributed by atoms with Crippen molar-refractivity contribution in [1.82, 2.24) is 15.3 Å². The quantitative estimate of drug-likeness (QED) is 0.617. The molecule has 2 heterocycles. The molecule has 0 saturated carbocycles. The molecule has 1 aromatic carbocycles. The molecular formula is C20H29ClN6. The molecule has 0 atom stereocenters. The van der Waals surface area contributed by atoms with E-state index in [2.05, 4.69) is 53.6 Å². The molecule has 6 nitrogen and oxygen atoms in total. The van der Waals surface area contributed by atoms with E-state index >= 15 is 0 Å². The standard InChI is InChI=1S/C20H29ClN6/c1-12-14(21)7-6-8-15(12)26-18-16(22)17(23-11-24-18)25-13-9-19(2,3)27-20(4,5)10-13/h6-8,11,13,27H,9-10,22H2,1-5H3,(H2,23,24,25,26). The molecule has 27 heavy (non-hydrogen) atoms. The Kier molecular flexibility index (Phi) is 5.23. The molecule has 1 aromatic heterocycles. The molecule has 1 aliphatic heterocycles. The Morgan fingerprint density at radius 1 is 1.11 bits per heavy atom. The molecule has 1 fully saturated rings. The Labute approximate surface area is 166 Å². The second-order valence-corrected chi connectivity index (χ2v) is 9.07. The van der Waals surface area contributed by atoms with Crippen LogP contribution in [0.15, 0.2) is 24.5 Å². The van der Waals surface area contributed by atoms with Crippen LogP contribution < -0.4 is 21.7 Å². The van der Waals surface area contributed by atoms with E-state index in [0.29, 0.717) is 22.3 Å². The number of rotatable bonds is 4. The maximum atomic E-state index is 6.37. The van der Waals surface area contributed by atoms with Gasteiger partial charge in [-0.3, -0.25) is 0 Å². The fourth-order valence-corrected chi connectivity index (χ4v) is 4.27. The predicted molar refractivity (Wildman–Crippen MR) is 114 cm³/mol. The van der Waals surface area contributed by atoms with Crippen molar-refractivity contribution in [3.05, 3.63) is 35.1 Å². The van der Waals surface area contributed by atoms with Gasteiger partial charge < -0.3 is 21.7 Å². The molecule has 7 heteroatoms. The molecule has 0 radical (unpaired) electrons. The van der Waals surface area contributed by atoms with Gasteiger partial charge in [-0.05, 0) is 65.2 Å². The number of nitrogens with zero attached hydrogens (tertiary/aromatic N) is 2. The van der Waals surface area contributed by atoms with Crippen molar-refractivity contribution in [2.75, 3.05) is 16.4 Å². The van der Waals surface area contributed by atoms with Gasteiger partial charge in [0.2, 0.25) is 0 Å². The summed E-state index contributed by atoms with van der Waals surface area (Å²) in [5, 5.41) is 11.2. The Balaban J connectivity index is 1.82. The van der Waals surface area contributed by atoms with Gasteiger partial charge in [-0.1, -0.05) is 17.7 Å². The zero-order chi connectivity index (χ0) is 19.8. The summed E-state index contributed by atoms with van der Waals surface area (Å²) < 4.78 is 0. The van der Waals surface area contributed by atoms with E-state index in [9.17, 15) is 0 Å². The lowest BCUT2D eigenvalue weighted by Gasteiger charge is -2.46. The highest BCUT2D eigenvalue weighted by molar-refractivity contribution is 6.31.